The number of rotatable bonds is 5. The third-order valence-electron chi connectivity index (χ3n) is 1.86. The minimum Gasteiger partial charge on any atom is -0.300 e. The topological polar surface area (TPSA) is 29.5 Å². The number of carbonyl (C=O) groups excluding carboxylic acids is 1. The van der Waals surface area contributed by atoms with Crippen LogP contribution in [0.5, 0.6) is 0 Å². The molecule has 0 radical (unpaired) electrons. The van der Waals surface area contributed by atoms with Crippen molar-refractivity contribution in [1.29, 1.82) is 0 Å². The molecule has 3 nitrogen and oxygen atoms in total. The molecule has 0 fully saturated rings. The van der Waals surface area contributed by atoms with Crippen molar-refractivity contribution in [2.75, 3.05) is 13.7 Å². The summed E-state index contributed by atoms with van der Waals surface area (Å²) in [4.78, 5) is 16.2. The van der Waals surface area contributed by atoms with E-state index in [4.69, 9.17) is 4.84 Å². The maximum atomic E-state index is 10.9. The normalized spacial score (nSPS) is 12.2. The van der Waals surface area contributed by atoms with Gasteiger partial charge in [0.25, 0.3) is 0 Å². The lowest BCUT2D eigenvalue weighted by molar-refractivity contribution is -0.194. The Kier molecular flexibility index (Phi) is 4.42. The lowest BCUT2D eigenvalue weighted by atomic mass is 9.98. The van der Waals surface area contributed by atoms with E-state index >= 15 is 0 Å². The second-order valence-electron chi connectivity index (χ2n) is 3.61. The van der Waals surface area contributed by atoms with Crippen molar-refractivity contribution in [2.45, 2.75) is 39.7 Å². The largest absolute Gasteiger partial charge is 0.300 e. The molecule has 0 aliphatic carbocycles. The van der Waals surface area contributed by atoms with Crippen LogP contribution in [0.15, 0.2) is 0 Å². The summed E-state index contributed by atoms with van der Waals surface area (Å²) >= 11 is 0. The first-order valence-corrected chi connectivity index (χ1v) is 4.26. The van der Waals surface area contributed by atoms with Crippen LogP contribution in [0.25, 0.3) is 0 Å². The van der Waals surface area contributed by atoms with Gasteiger partial charge in [-0.05, 0) is 27.7 Å². The van der Waals surface area contributed by atoms with Gasteiger partial charge in [0, 0.05) is 19.0 Å². The van der Waals surface area contributed by atoms with E-state index in [-0.39, 0.29) is 11.3 Å². The van der Waals surface area contributed by atoms with Gasteiger partial charge in [0.05, 0.1) is 6.61 Å². The van der Waals surface area contributed by atoms with E-state index in [1.807, 2.05) is 27.8 Å². The molecule has 0 amide bonds. The van der Waals surface area contributed by atoms with Gasteiger partial charge >= 0.3 is 0 Å². The Labute approximate surface area is 74.6 Å². The summed E-state index contributed by atoms with van der Waals surface area (Å²) in [6.07, 6.45) is 0.517. The highest BCUT2D eigenvalue weighted by Crippen LogP contribution is 2.17. The molecule has 0 saturated carbocycles. The highest BCUT2D eigenvalue weighted by Gasteiger charge is 2.25. The number of hydrogen-bond acceptors (Lipinski definition) is 3. The number of Topliss-reactive ketones (excluding diaryl/α,β-unsaturated/α-hetero) is 1. The molecule has 0 aliphatic heterocycles. The molecule has 0 atom stereocenters. The SMILES string of the molecule is CCON(C)C(C)(C)CC(C)=O. The first-order valence-electron chi connectivity index (χ1n) is 4.26. The third kappa shape index (κ3) is 3.83. The zero-order valence-electron chi connectivity index (χ0n) is 8.68. The van der Waals surface area contributed by atoms with Crippen LogP contribution >= 0.6 is 0 Å². The fourth-order valence-corrected chi connectivity index (χ4v) is 1.09. The van der Waals surface area contributed by atoms with Gasteiger partial charge < -0.3 is 0 Å². The second-order valence-corrected chi connectivity index (χ2v) is 3.61. The number of hydrogen-bond donors (Lipinski definition) is 0. The lowest BCUT2D eigenvalue weighted by Crippen LogP contribution is -2.42. The van der Waals surface area contributed by atoms with Crippen molar-refractivity contribution in [3.8, 4) is 0 Å². The smallest absolute Gasteiger partial charge is 0.131 e. The Morgan fingerprint density at radius 3 is 2.33 bits per heavy atom. The van der Waals surface area contributed by atoms with Crippen molar-refractivity contribution >= 4 is 5.78 Å². The van der Waals surface area contributed by atoms with E-state index in [9.17, 15) is 4.79 Å². The van der Waals surface area contributed by atoms with E-state index in [1.54, 1.807) is 12.0 Å². The summed E-state index contributed by atoms with van der Waals surface area (Å²) in [6.45, 7) is 8.15. The summed E-state index contributed by atoms with van der Waals surface area (Å²) in [5, 5.41) is 1.74. The number of carbonyl (C=O) groups is 1. The highest BCUT2D eigenvalue weighted by molar-refractivity contribution is 5.76. The van der Waals surface area contributed by atoms with Crippen LogP contribution < -0.4 is 0 Å². The molecule has 0 heterocycles. The summed E-state index contributed by atoms with van der Waals surface area (Å²) in [7, 11) is 1.85. The van der Waals surface area contributed by atoms with E-state index < -0.39 is 0 Å². The van der Waals surface area contributed by atoms with Crippen LogP contribution in [0.2, 0.25) is 0 Å². The van der Waals surface area contributed by atoms with Gasteiger partial charge in [0.1, 0.15) is 5.78 Å². The molecule has 0 N–H and O–H groups in total. The Morgan fingerprint density at radius 1 is 1.50 bits per heavy atom. The Hall–Kier alpha value is -0.410. The standard InChI is InChI=1S/C9H19NO2/c1-6-12-10(5)9(3,4)7-8(2)11/h6-7H2,1-5H3. The van der Waals surface area contributed by atoms with Gasteiger partial charge in [-0.2, -0.15) is 5.06 Å². The molecule has 0 aromatic rings. The summed E-state index contributed by atoms with van der Waals surface area (Å²) in [5.74, 6) is 0.187. The van der Waals surface area contributed by atoms with Gasteiger partial charge in [-0.25, -0.2) is 0 Å². The second kappa shape index (κ2) is 4.58. The van der Waals surface area contributed by atoms with Crippen molar-refractivity contribution < 1.29 is 9.63 Å². The van der Waals surface area contributed by atoms with Crippen molar-refractivity contribution in [2.24, 2.45) is 0 Å². The number of nitrogens with zero attached hydrogens (tertiary/aromatic N) is 1. The van der Waals surface area contributed by atoms with Crippen LogP contribution in [0, 0.1) is 0 Å². The van der Waals surface area contributed by atoms with Crippen LogP contribution in [-0.2, 0) is 9.63 Å². The Bertz CT molecular complexity index is 155. The quantitative estimate of drug-likeness (QED) is 0.592. The first-order chi connectivity index (χ1) is 5.40. The molecule has 3 heteroatoms. The maximum Gasteiger partial charge on any atom is 0.131 e. The predicted molar refractivity (Wildman–Crippen MR) is 48.8 cm³/mol. The molecular weight excluding hydrogens is 154 g/mol. The van der Waals surface area contributed by atoms with Gasteiger partial charge in [-0.1, -0.05) is 0 Å². The van der Waals surface area contributed by atoms with Crippen molar-refractivity contribution in [3.63, 3.8) is 0 Å². The molecular formula is C9H19NO2. The van der Waals surface area contributed by atoms with Gasteiger partial charge in [0.2, 0.25) is 0 Å². The van der Waals surface area contributed by atoms with Crippen LogP contribution in [0.3, 0.4) is 0 Å². The molecule has 0 rings (SSSR count). The lowest BCUT2D eigenvalue weighted by Gasteiger charge is -2.33. The molecule has 0 aliphatic rings. The average Bonchev–Trinajstić information content (AvgIpc) is 1.85. The van der Waals surface area contributed by atoms with Crippen molar-refractivity contribution in [1.82, 2.24) is 5.06 Å². The average molecular weight is 173 g/mol. The molecule has 0 aromatic carbocycles. The molecule has 0 bridgehead atoms. The molecule has 0 spiro atoms. The molecule has 0 unspecified atom stereocenters. The fourth-order valence-electron chi connectivity index (χ4n) is 1.09. The summed E-state index contributed by atoms with van der Waals surface area (Å²) in [5.41, 5.74) is -0.207. The molecule has 0 saturated heterocycles. The van der Waals surface area contributed by atoms with E-state index in [0.717, 1.165) is 0 Å². The third-order valence-corrected chi connectivity index (χ3v) is 1.86. The van der Waals surface area contributed by atoms with Crippen LogP contribution in [0.4, 0.5) is 0 Å². The number of ketones is 1. The zero-order valence-corrected chi connectivity index (χ0v) is 8.68. The predicted octanol–water partition coefficient (Wildman–Crippen LogP) is 1.63. The highest BCUT2D eigenvalue weighted by atomic mass is 16.7. The minimum absolute atomic E-state index is 0.187. The van der Waals surface area contributed by atoms with Gasteiger partial charge in [-0.3, -0.25) is 9.63 Å². The van der Waals surface area contributed by atoms with E-state index in [1.165, 1.54) is 0 Å². The monoisotopic (exact) mass is 173 g/mol. The fraction of sp³-hybridized carbons (Fsp3) is 0.889. The minimum atomic E-state index is -0.207. The summed E-state index contributed by atoms with van der Waals surface area (Å²) in [6, 6.07) is 0. The Morgan fingerprint density at radius 2 is 2.00 bits per heavy atom. The number of hydroxylamine groups is 2. The zero-order chi connectivity index (χ0) is 9.78. The van der Waals surface area contributed by atoms with E-state index in [0.29, 0.717) is 13.0 Å². The van der Waals surface area contributed by atoms with E-state index in [2.05, 4.69) is 0 Å². The maximum absolute atomic E-state index is 10.9. The molecule has 0 aromatic heterocycles. The van der Waals surface area contributed by atoms with Gasteiger partial charge in [-0.15, -0.1) is 0 Å². The van der Waals surface area contributed by atoms with Crippen molar-refractivity contribution in [3.05, 3.63) is 0 Å². The molecule has 72 valence electrons. The summed E-state index contributed by atoms with van der Waals surface area (Å²) < 4.78 is 0. The van der Waals surface area contributed by atoms with Crippen LogP contribution in [-0.4, -0.2) is 30.0 Å². The Balaban J connectivity index is 4.07. The van der Waals surface area contributed by atoms with Crippen LogP contribution in [0.1, 0.15) is 34.1 Å². The molecule has 12 heavy (non-hydrogen) atoms. The first kappa shape index (κ1) is 11.6. The van der Waals surface area contributed by atoms with Gasteiger partial charge in [0.15, 0.2) is 0 Å².